The van der Waals surface area contributed by atoms with Gasteiger partial charge in [-0.1, -0.05) is 15.9 Å². The summed E-state index contributed by atoms with van der Waals surface area (Å²) < 4.78 is 1.92. The standard InChI is InChI=1S/C12H14Br3NOS/c13-5-1-3-8-4-2-6-16(8)12(17)9-7-10(14)18-11(9)15/h7-8H,1-6H2. The van der Waals surface area contributed by atoms with Crippen molar-refractivity contribution in [2.75, 3.05) is 11.9 Å². The molecule has 1 aliphatic heterocycles. The second kappa shape index (κ2) is 6.86. The number of amides is 1. The van der Waals surface area contributed by atoms with Crippen molar-refractivity contribution in [3.05, 3.63) is 19.2 Å². The van der Waals surface area contributed by atoms with Gasteiger partial charge in [0, 0.05) is 17.9 Å². The minimum atomic E-state index is 0.167. The number of carbonyl (C=O) groups is 1. The fourth-order valence-corrected chi connectivity index (χ4v) is 5.46. The van der Waals surface area contributed by atoms with Crippen LogP contribution in [0.3, 0.4) is 0 Å². The summed E-state index contributed by atoms with van der Waals surface area (Å²) in [5.41, 5.74) is 0.789. The Balaban J connectivity index is 2.10. The first-order valence-corrected chi connectivity index (χ1v) is 9.47. The van der Waals surface area contributed by atoms with E-state index in [1.807, 2.05) is 11.0 Å². The van der Waals surface area contributed by atoms with Gasteiger partial charge in [-0.25, -0.2) is 0 Å². The van der Waals surface area contributed by atoms with Crippen molar-refractivity contribution in [3.8, 4) is 0 Å². The molecule has 1 aromatic heterocycles. The third-order valence-electron chi connectivity index (χ3n) is 3.20. The van der Waals surface area contributed by atoms with E-state index in [1.165, 1.54) is 0 Å². The van der Waals surface area contributed by atoms with Gasteiger partial charge in [-0.3, -0.25) is 4.79 Å². The Kier molecular flexibility index (Phi) is 5.72. The Labute approximate surface area is 137 Å². The van der Waals surface area contributed by atoms with Crippen LogP contribution in [0.5, 0.6) is 0 Å². The largest absolute Gasteiger partial charge is 0.336 e. The van der Waals surface area contributed by atoms with Crippen molar-refractivity contribution < 1.29 is 4.79 Å². The molecular weight excluding hydrogens is 446 g/mol. The average molecular weight is 460 g/mol. The fourth-order valence-electron chi connectivity index (χ4n) is 2.36. The number of hydrogen-bond acceptors (Lipinski definition) is 2. The van der Waals surface area contributed by atoms with Crippen LogP contribution in [-0.4, -0.2) is 28.7 Å². The zero-order chi connectivity index (χ0) is 13.1. The monoisotopic (exact) mass is 457 g/mol. The summed E-state index contributed by atoms with van der Waals surface area (Å²) in [6.45, 7) is 0.895. The number of rotatable bonds is 4. The van der Waals surface area contributed by atoms with E-state index in [0.29, 0.717) is 6.04 Å². The predicted octanol–water partition coefficient (Wildman–Crippen LogP) is 5.05. The lowest BCUT2D eigenvalue weighted by molar-refractivity contribution is 0.0730. The number of alkyl halides is 1. The first kappa shape index (κ1) is 15.0. The molecule has 0 aromatic carbocycles. The normalized spacial score (nSPS) is 19.5. The zero-order valence-electron chi connectivity index (χ0n) is 9.79. The molecule has 0 bridgehead atoms. The molecule has 18 heavy (non-hydrogen) atoms. The van der Waals surface area contributed by atoms with Crippen LogP contribution in [0.2, 0.25) is 0 Å². The molecule has 6 heteroatoms. The quantitative estimate of drug-likeness (QED) is 0.577. The molecule has 1 atom stereocenters. The van der Waals surface area contributed by atoms with E-state index in [0.717, 1.165) is 50.7 Å². The summed E-state index contributed by atoms with van der Waals surface area (Å²) in [5.74, 6) is 0.167. The predicted molar refractivity (Wildman–Crippen MR) is 86.8 cm³/mol. The molecular formula is C12H14Br3NOS. The Morgan fingerprint density at radius 1 is 1.50 bits per heavy atom. The molecule has 1 fully saturated rings. The SMILES string of the molecule is O=C(c1cc(Br)sc1Br)N1CCCC1CCCBr. The van der Waals surface area contributed by atoms with Gasteiger partial charge in [0.15, 0.2) is 0 Å². The van der Waals surface area contributed by atoms with Crippen LogP contribution in [0.1, 0.15) is 36.0 Å². The van der Waals surface area contributed by atoms with Crippen LogP contribution in [0.4, 0.5) is 0 Å². The molecule has 2 rings (SSSR count). The van der Waals surface area contributed by atoms with Crippen LogP contribution >= 0.6 is 59.1 Å². The number of thiophene rings is 1. The minimum Gasteiger partial charge on any atom is -0.336 e. The molecule has 1 aromatic rings. The van der Waals surface area contributed by atoms with Gasteiger partial charge in [0.25, 0.3) is 5.91 Å². The van der Waals surface area contributed by atoms with Crippen molar-refractivity contribution >= 4 is 65.0 Å². The topological polar surface area (TPSA) is 20.3 Å². The zero-order valence-corrected chi connectivity index (χ0v) is 15.4. The van der Waals surface area contributed by atoms with Crippen molar-refractivity contribution in [2.24, 2.45) is 0 Å². The van der Waals surface area contributed by atoms with E-state index in [4.69, 9.17) is 0 Å². The van der Waals surface area contributed by atoms with E-state index < -0.39 is 0 Å². The van der Waals surface area contributed by atoms with Gasteiger partial charge < -0.3 is 4.90 Å². The third kappa shape index (κ3) is 3.38. The Hall–Kier alpha value is 0.610. The molecule has 0 aliphatic carbocycles. The van der Waals surface area contributed by atoms with Gasteiger partial charge >= 0.3 is 0 Å². The van der Waals surface area contributed by atoms with E-state index >= 15 is 0 Å². The first-order chi connectivity index (χ1) is 8.63. The molecule has 2 heterocycles. The van der Waals surface area contributed by atoms with E-state index in [9.17, 15) is 4.79 Å². The maximum atomic E-state index is 12.5. The maximum absolute atomic E-state index is 12.5. The molecule has 1 amide bonds. The van der Waals surface area contributed by atoms with Crippen molar-refractivity contribution in [1.82, 2.24) is 4.90 Å². The lowest BCUT2D eigenvalue weighted by Crippen LogP contribution is -2.35. The van der Waals surface area contributed by atoms with Crippen LogP contribution in [0.15, 0.2) is 13.6 Å². The summed E-state index contributed by atoms with van der Waals surface area (Å²) in [7, 11) is 0. The highest BCUT2D eigenvalue weighted by Crippen LogP contribution is 2.34. The third-order valence-corrected chi connectivity index (χ3v) is 6.10. The first-order valence-electron chi connectivity index (χ1n) is 5.95. The van der Waals surface area contributed by atoms with Gasteiger partial charge in [-0.05, 0) is 63.6 Å². The van der Waals surface area contributed by atoms with Crippen LogP contribution in [-0.2, 0) is 0 Å². The van der Waals surface area contributed by atoms with E-state index in [2.05, 4.69) is 47.8 Å². The van der Waals surface area contributed by atoms with Crippen LogP contribution in [0.25, 0.3) is 0 Å². The summed E-state index contributed by atoms with van der Waals surface area (Å²) >= 11 is 11.9. The van der Waals surface area contributed by atoms with Crippen molar-refractivity contribution in [1.29, 1.82) is 0 Å². The number of likely N-dealkylation sites (tertiary alicyclic amines) is 1. The molecule has 0 saturated carbocycles. The van der Waals surface area contributed by atoms with Gasteiger partial charge in [-0.15, -0.1) is 11.3 Å². The second-order valence-electron chi connectivity index (χ2n) is 4.36. The highest BCUT2D eigenvalue weighted by atomic mass is 79.9. The summed E-state index contributed by atoms with van der Waals surface area (Å²) in [6, 6.07) is 2.33. The number of nitrogens with zero attached hydrogens (tertiary/aromatic N) is 1. The summed E-state index contributed by atoms with van der Waals surface area (Å²) in [5, 5.41) is 1.01. The number of carbonyl (C=O) groups excluding carboxylic acids is 1. The fraction of sp³-hybridized carbons (Fsp3) is 0.583. The highest BCUT2D eigenvalue weighted by Gasteiger charge is 2.30. The lowest BCUT2D eigenvalue weighted by Gasteiger charge is -2.24. The van der Waals surface area contributed by atoms with Gasteiger partial charge in [0.2, 0.25) is 0 Å². The summed E-state index contributed by atoms with van der Waals surface area (Å²) in [4.78, 5) is 14.6. The molecule has 1 aliphatic rings. The molecule has 0 N–H and O–H groups in total. The van der Waals surface area contributed by atoms with Crippen molar-refractivity contribution in [2.45, 2.75) is 31.7 Å². The van der Waals surface area contributed by atoms with E-state index in [1.54, 1.807) is 11.3 Å². The Morgan fingerprint density at radius 3 is 2.89 bits per heavy atom. The molecule has 0 spiro atoms. The number of halogens is 3. The van der Waals surface area contributed by atoms with Gasteiger partial charge in [0.05, 0.1) is 13.1 Å². The molecule has 1 unspecified atom stereocenters. The average Bonchev–Trinajstić information content (AvgIpc) is 2.92. The lowest BCUT2D eigenvalue weighted by atomic mass is 10.1. The van der Waals surface area contributed by atoms with Gasteiger partial charge in [-0.2, -0.15) is 0 Å². The molecule has 2 nitrogen and oxygen atoms in total. The summed E-state index contributed by atoms with van der Waals surface area (Å²) in [6.07, 6.45) is 4.49. The molecule has 1 saturated heterocycles. The van der Waals surface area contributed by atoms with Gasteiger partial charge in [0.1, 0.15) is 0 Å². The smallest absolute Gasteiger partial charge is 0.256 e. The maximum Gasteiger partial charge on any atom is 0.256 e. The number of hydrogen-bond donors (Lipinski definition) is 0. The van der Waals surface area contributed by atoms with Crippen LogP contribution in [0, 0.1) is 0 Å². The van der Waals surface area contributed by atoms with E-state index in [-0.39, 0.29) is 5.91 Å². The highest BCUT2D eigenvalue weighted by molar-refractivity contribution is 9.12. The second-order valence-corrected chi connectivity index (χ2v) is 8.91. The Morgan fingerprint density at radius 2 is 2.28 bits per heavy atom. The molecule has 0 radical (unpaired) electrons. The Bertz CT molecular complexity index is 435. The van der Waals surface area contributed by atoms with Crippen molar-refractivity contribution in [3.63, 3.8) is 0 Å². The molecule has 100 valence electrons. The minimum absolute atomic E-state index is 0.167. The van der Waals surface area contributed by atoms with Crippen LogP contribution < -0.4 is 0 Å².